The molecule has 0 saturated heterocycles. The first-order valence-corrected chi connectivity index (χ1v) is 5.36. The van der Waals surface area contributed by atoms with E-state index in [4.69, 9.17) is 0 Å². The second-order valence-corrected chi connectivity index (χ2v) is 4.06. The molecule has 0 amide bonds. The third kappa shape index (κ3) is 5.40. The van der Waals surface area contributed by atoms with Gasteiger partial charge in [0.15, 0.2) is 0 Å². The number of nitrogens with one attached hydrogen (secondary N) is 1. The zero-order chi connectivity index (χ0) is 11.1. The lowest BCUT2D eigenvalue weighted by molar-refractivity contribution is 0.337. The van der Waals surface area contributed by atoms with Crippen molar-refractivity contribution in [2.75, 3.05) is 39.7 Å². The Morgan fingerprint density at radius 3 is 2.27 bits per heavy atom. The van der Waals surface area contributed by atoms with Crippen LogP contribution >= 0.6 is 0 Å². The van der Waals surface area contributed by atoms with E-state index in [0.717, 1.165) is 18.8 Å². The molecule has 0 unspecified atom stereocenters. The van der Waals surface area contributed by atoms with Crippen molar-refractivity contribution in [2.45, 2.75) is 6.42 Å². The van der Waals surface area contributed by atoms with E-state index >= 15 is 0 Å². The van der Waals surface area contributed by atoms with E-state index in [1.165, 1.54) is 6.42 Å². The van der Waals surface area contributed by atoms with Gasteiger partial charge >= 0.3 is 0 Å². The topological polar surface area (TPSA) is 18.5 Å². The van der Waals surface area contributed by atoms with Gasteiger partial charge in [-0.05, 0) is 39.2 Å². The van der Waals surface area contributed by atoms with Crippen LogP contribution in [0.3, 0.4) is 0 Å². The smallest absolute Gasteiger partial charge is 0.0489 e. The third-order valence-electron chi connectivity index (χ3n) is 2.19. The Balaban J connectivity index is 2.21. The van der Waals surface area contributed by atoms with Gasteiger partial charge in [0.05, 0.1) is 0 Å². The molecule has 0 atom stereocenters. The van der Waals surface area contributed by atoms with Gasteiger partial charge in [0.2, 0.25) is 0 Å². The quantitative estimate of drug-likeness (QED) is 0.719. The Hall–Kier alpha value is -1.06. The summed E-state index contributed by atoms with van der Waals surface area (Å²) in [6.45, 7) is 2.17. The molecule has 1 N–H and O–H groups in total. The summed E-state index contributed by atoms with van der Waals surface area (Å²) in [7, 11) is 6.28. The molecule has 0 fully saturated rings. The molecule has 0 spiro atoms. The Labute approximate surface area is 92.7 Å². The fraction of sp³-hybridized carbons (Fsp3) is 0.500. The van der Waals surface area contributed by atoms with Gasteiger partial charge in [0.25, 0.3) is 0 Å². The molecule has 3 nitrogen and oxygen atoms in total. The lowest BCUT2D eigenvalue weighted by atomic mass is 10.3. The number of hydrogen-bond donors (Lipinski definition) is 1. The average molecular weight is 207 g/mol. The van der Waals surface area contributed by atoms with Crippen molar-refractivity contribution < 1.29 is 0 Å². The van der Waals surface area contributed by atoms with Crippen molar-refractivity contribution in [2.24, 2.45) is 0 Å². The van der Waals surface area contributed by atoms with Crippen LogP contribution in [0, 0.1) is 0 Å². The highest BCUT2D eigenvalue weighted by Gasteiger charge is 1.98. The summed E-state index contributed by atoms with van der Waals surface area (Å²) in [6, 6.07) is 10.2. The number of nitrogens with zero attached hydrogens (tertiary/aromatic N) is 2. The van der Waals surface area contributed by atoms with E-state index in [2.05, 4.69) is 48.6 Å². The van der Waals surface area contributed by atoms with Gasteiger partial charge in [-0.1, -0.05) is 18.2 Å². The van der Waals surface area contributed by atoms with Gasteiger partial charge in [-0.25, -0.2) is 5.01 Å². The average Bonchev–Trinajstić information content (AvgIpc) is 2.18. The second kappa shape index (κ2) is 6.43. The van der Waals surface area contributed by atoms with Crippen molar-refractivity contribution in [3.05, 3.63) is 30.3 Å². The van der Waals surface area contributed by atoms with Crippen molar-refractivity contribution in [1.82, 2.24) is 9.91 Å². The van der Waals surface area contributed by atoms with Crippen LogP contribution in [-0.4, -0.2) is 44.1 Å². The molecule has 0 bridgehead atoms. The molecule has 0 radical (unpaired) electrons. The van der Waals surface area contributed by atoms with Gasteiger partial charge in [0.1, 0.15) is 0 Å². The molecule has 15 heavy (non-hydrogen) atoms. The molecule has 3 heteroatoms. The van der Waals surface area contributed by atoms with Crippen LogP contribution in [0.25, 0.3) is 0 Å². The van der Waals surface area contributed by atoms with Crippen LogP contribution in [0.5, 0.6) is 0 Å². The maximum atomic E-state index is 3.33. The predicted molar refractivity (Wildman–Crippen MR) is 65.9 cm³/mol. The van der Waals surface area contributed by atoms with E-state index in [0.29, 0.717) is 0 Å². The minimum Gasteiger partial charge on any atom is -0.319 e. The predicted octanol–water partition coefficient (Wildman–Crippen LogP) is 1.90. The highest BCUT2D eigenvalue weighted by molar-refractivity contribution is 5.41. The molecule has 84 valence electrons. The molecule has 0 aliphatic carbocycles. The Morgan fingerprint density at radius 2 is 1.67 bits per heavy atom. The molecule has 0 heterocycles. The Bertz CT molecular complexity index is 259. The molecule has 0 aliphatic heterocycles. The van der Waals surface area contributed by atoms with Gasteiger partial charge in [-0.15, -0.1) is 0 Å². The SMILES string of the molecule is CN(C)CCCN(C)Nc1ccccc1. The molecule has 0 aromatic heterocycles. The molecule has 1 rings (SSSR count). The van der Waals surface area contributed by atoms with Crippen LogP contribution in [0.2, 0.25) is 0 Å². The third-order valence-corrected chi connectivity index (χ3v) is 2.19. The normalized spacial score (nSPS) is 11.0. The van der Waals surface area contributed by atoms with E-state index in [1.807, 2.05) is 18.2 Å². The van der Waals surface area contributed by atoms with Crippen LogP contribution in [0.15, 0.2) is 30.3 Å². The fourth-order valence-corrected chi connectivity index (χ4v) is 1.41. The summed E-state index contributed by atoms with van der Waals surface area (Å²) in [5.41, 5.74) is 4.47. The summed E-state index contributed by atoms with van der Waals surface area (Å²) < 4.78 is 0. The van der Waals surface area contributed by atoms with Gasteiger partial charge in [-0.2, -0.15) is 0 Å². The largest absolute Gasteiger partial charge is 0.319 e. The second-order valence-electron chi connectivity index (χ2n) is 4.06. The van der Waals surface area contributed by atoms with Crippen molar-refractivity contribution in [3.63, 3.8) is 0 Å². The van der Waals surface area contributed by atoms with Crippen LogP contribution < -0.4 is 5.43 Å². The zero-order valence-electron chi connectivity index (χ0n) is 9.90. The highest BCUT2D eigenvalue weighted by Crippen LogP contribution is 2.05. The van der Waals surface area contributed by atoms with Crippen LogP contribution in [0.1, 0.15) is 6.42 Å². The summed E-state index contributed by atoms with van der Waals surface area (Å²) in [5, 5.41) is 2.12. The fourth-order valence-electron chi connectivity index (χ4n) is 1.41. The Morgan fingerprint density at radius 1 is 1.00 bits per heavy atom. The van der Waals surface area contributed by atoms with Crippen LogP contribution in [0.4, 0.5) is 5.69 Å². The van der Waals surface area contributed by atoms with Gasteiger partial charge in [0, 0.05) is 19.3 Å². The summed E-state index contributed by atoms with van der Waals surface area (Å²) in [4.78, 5) is 2.20. The van der Waals surface area contributed by atoms with Gasteiger partial charge in [-0.3, -0.25) is 0 Å². The minimum absolute atomic E-state index is 1.05. The monoisotopic (exact) mass is 207 g/mol. The van der Waals surface area contributed by atoms with Crippen molar-refractivity contribution in [1.29, 1.82) is 0 Å². The summed E-state index contributed by atoms with van der Waals surface area (Å²) in [5.74, 6) is 0. The summed E-state index contributed by atoms with van der Waals surface area (Å²) in [6.07, 6.45) is 1.17. The molecular formula is C12H21N3. The maximum Gasteiger partial charge on any atom is 0.0489 e. The number of benzene rings is 1. The number of hydrazine groups is 1. The molecule has 0 saturated carbocycles. The first kappa shape index (κ1) is 12.0. The van der Waals surface area contributed by atoms with Gasteiger partial charge < -0.3 is 10.3 Å². The van der Waals surface area contributed by atoms with E-state index < -0.39 is 0 Å². The first-order chi connectivity index (χ1) is 7.18. The standard InChI is InChI=1S/C12H21N3/c1-14(2)10-7-11-15(3)13-12-8-5-4-6-9-12/h4-6,8-9,13H,7,10-11H2,1-3H3. The lowest BCUT2D eigenvalue weighted by Crippen LogP contribution is -2.28. The van der Waals surface area contributed by atoms with E-state index in [-0.39, 0.29) is 0 Å². The summed E-state index contributed by atoms with van der Waals surface area (Å²) >= 11 is 0. The number of hydrogen-bond acceptors (Lipinski definition) is 3. The Kier molecular flexibility index (Phi) is 5.15. The van der Waals surface area contributed by atoms with Crippen LogP contribution in [-0.2, 0) is 0 Å². The molecule has 0 aliphatic rings. The number of rotatable bonds is 6. The highest BCUT2D eigenvalue weighted by atomic mass is 15.5. The zero-order valence-corrected chi connectivity index (χ0v) is 9.90. The number of anilines is 1. The maximum absolute atomic E-state index is 3.33. The minimum atomic E-state index is 1.05. The van der Waals surface area contributed by atoms with E-state index in [1.54, 1.807) is 0 Å². The lowest BCUT2D eigenvalue weighted by Gasteiger charge is -2.20. The molecular weight excluding hydrogens is 186 g/mol. The van der Waals surface area contributed by atoms with E-state index in [9.17, 15) is 0 Å². The first-order valence-electron chi connectivity index (χ1n) is 5.36. The number of para-hydroxylation sites is 1. The molecule has 1 aromatic carbocycles. The van der Waals surface area contributed by atoms with Crippen molar-refractivity contribution in [3.8, 4) is 0 Å². The molecule has 1 aromatic rings. The van der Waals surface area contributed by atoms with Crippen molar-refractivity contribution >= 4 is 5.69 Å².